The topological polar surface area (TPSA) is 61.2 Å². The normalized spacial score (nSPS) is 11.0. The van der Waals surface area contributed by atoms with Gasteiger partial charge in [0.2, 0.25) is 0 Å². The highest BCUT2D eigenvalue weighted by Gasteiger charge is 2.11. The molecule has 0 N–H and O–H groups in total. The Balaban J connectivity index is 1.81. The number of thioether (sulfide) groups is 2. The van der Waals surface area contributed by atoms with Gasteiger partial charge in [-0.25, -0.2) is 0 Å². The van der Waals surface area contributed by atoms with E-state index >= 15 is 0 Å². The zero-order valence-corrected chi connectivity index (χ0v) is 17.7. The number of aryl methyl sites for hydroxylation is 1. The van der Waals surface area contributed by atoms with Gasteiger partial charge < -0.3 is 4.74 Å². The zero-order chi connectivity index (χ0) is 20.1. The average Bonchev–Trinajstić information content (AvgIpc) is 3.06. The summed E-state index contributed by atoms with van der Waals surface area (Å²) in [5.74, 6) is 1.58. The number of hydrogen-bond acceptors (Lipinski definition) is 6. The van der Waals surface area contributed by atoms with Crippen molar-refractivity contribution >= 4 is 45.4 Å². The number of rotatable bonds is 7. The Morgan fingerprint density at radius 3 is 2.61 bits per heavy atom. The van der Waals surface area contributed by atoms with Crippen LogP contribution < -0.4 is 4.74 Å². The number of benzene rings is 2. The van der Waals surface area contributed by atoms with Gasteiger partial charge in [0.1, 0.15) is 5.75 Å². The molecule has 1 aromatic heterocycles. The van der Waals surface area contributed by atoms with E-state index in [0.29, 0.717) is 11.5 Å². The molecule has 0 aliphatic rings. The van der Waals surface area contributed by atoms with Crippen LogP contribution in [0.4, 0.5) is 0 Å². The predicted molar refractivity (Wildman–Crippen MR) is 115 cm³/mol. The molecule has 0 amide bonds. The molecule has 0 saturated carbocycles. The first-order valence-corrected chi connectivity index (χ1v) is 11.0. The smallest absolute Gasteiger partial charge is 0.308 e. The standard InChI is InChI=1S/C21H22N2O3S2/c1-4-23-18(10-17(22-23)12-27-15(3)25)13-28-19-9-16-7-5-6-8-20(16)21(11-19)26-14(2)24/h5-11H,4,12-13H2,1-3H3. The molecule has 0 aliphatic carbocycles. The molecule has 146 valence electrons. The molecule has 2 aromatic carbocycles. The Morgan fingerprint density at radius 2 is 1.89 bits per heavy atom. The summed E-state index contributed by atoms with van der Waals surface area (Å²) in [6.07, 6.45) is 0. The van der Waals surface area contributed by atoms with Crippen molar-refractivity contribution in [1.29, 1.82) is 0 Å². The number of aromatic nitrogens is 2. The summed E-state index contributed by atoms with van der Waals surface area (Å²) >= 11 is 2.94. The fourth-order valence-corrected chi connectivity index (χ4v) is 4.32. The van der Waals surface area contributed by atoms with Gasteiger partial charge in [-0.2, -0.15) is 5.10 Å². The van der Waals surface area contributed by atoms with Gasteiger partial charge in [0.05, 0.1) is 5.69 Å². The van der Waals surface area contributed by atoms with Crippen LogP contribution in [-0.2, 0) is 27.6 Å². The minimum atomic E-state index is -0.330. The molecule has 0 atom stereocenters. The van der Waals surface area contributed by atoms with Crippen molar-refractivity contribution in [2.75, 3.05) is 0 Å². The van der Waals surface area contributed by atoms with Gasteiger partial charge in [0.25, 0.3) is 0 Å². The van der Waals surface area contributed by atoms with E-state index in [-0.39, 0.29) is 11.1 Å². The second-order valence-electron chi connectivity index (χ2n) is 6.25. The largest absolute Gasteiger partial charge is 0.426 e. The van der Waals surface area contributed by atoms with Crippen molar-refractivity contribution < 1.29 is 14.3 Å². The predicted octanol–water partition coefficient (Wildman–Crippen LogP) is 5.05. The summed E-state index contributed by atoms with van der Waals surface area (Å²) in [5.41, 5.74) is 2.02. The van der Waals surface area contributed by atoms with Crippen LogP contribution in [0.15, 0.2) is 47.4 Å². The first-order chi connectivity index (χ1) is 13.5. The number of nitrogens with zero attached hydrogens (tertiary/aromatic N) is 2. The minimum absolute atomic E-state index is 0.0936. The maximum atomic E-state index is 11.5. The van der Waals surface area contributed by atoms with E-state index in [4.69, 9.17) is 4.74 Å². The molecule has 3 rings (SSSR count). The van der Waals surface area contributed by atoms with Crippen LogP contribution in [0.1, 0.15) is 32.2 Å². The number of ether oxygens (including phenoxy) is 1. The van der Waals surface area contributed by atoms with Gasteiger partial charge >= 0.3 is 5.97 Å². The van der Waals surface area contributed by atoms with Crippen molar-refractivity contribution in [3.8, 4) is 5.75 Å². The Morgan fingerprint density at radius 1 is 1.11 bits per heavy atom. The van der Waals surface area contributed by atoms with Crippen LogP contribution in [-0.4, -0.2) is 20.9 Å². The van der Waals surface area contributed by atoms with Gasteiger partial charge in [0, 0.05) is 47.9 Å². The van der Waals surface area contributed by atoms with E-state index < -0.39 is 0 Å². The maximum Gasteiger partial charge on any atom is 0.308 e. The van der Waals surface area contributed by atoms with Crippen LogP contribution in [0.25, 0.3) is 10.8 Å². The number of fused-ring (bicyclic) bond motifs is 1. The monoisotopic (exact) mass is 414 g/mol. The summed E-state index contributed by atoms with van der Waals surface area (Å²) in [6, 6.07) is 13.9. The summed E-state index contributed by atoms with van der Waals surface area (Å²) in [7, 11) is 0. The van der Waals surface area contributed by atoms with Crippen molar-refractivity contribution in [3.63, 3.8) is 0 Å². The Hall–Kier alpha value is -2.25. The molecule has 3 aromatic rings. The Bertz CT molecular complexity index is 1010. The van der Waals surface area contributed by atoms with Crippen LogP contribution in [0.2, 0.25) is 0 Å². The molecule has 28 heavy (non-hydrogen) atoms. The highest BCUT2D eigenvalue weighted by molar-refractivity contribution is 8.12. The quantitative estimate of drug-likeness (QED) is 0.306. The second kappa shape index (κ2) is 9.30. The summed E-state index contributed by atoms with van der Waals surface area (Å²) in [5, 5.41) is 6.63. The van der Waals surface area contributed by atoms with E-state index in [1.165, 1.54) is 18.7 Å². The van der Waals surface area contributed by atoms with Gasteiger partial charge in [-0.05, 0) is 30.5 Å². The van der Waals surface area contributed by atoms with E-state index in [0.717, 1.165) is 39.4 Å². The summed E-state index contributed by atoms with van der Waals surface area (Å²) in [4.78, 5) is 23.7. The third kappa shape index (κ3) is 5.17. The van der Waals surface area contributed by atoms with Gasteiger partial charge in [-0.3, -0.25) is 14.3 Å². The fourth-order valence-electron chi connectivity index (χ4n) is 2.88. The molecular formula is C21H22N2O3S2. The van der Waals surface area contributed by atoms with Gasteiger partial charge in [-0.15, -0.1) is 11.8 Å². The molecule has 0 saturated heterocycles. The third-order valence-corrected chi connectivity index (χ3v) is 5.93. The molecule has 0 spiro atoms. The SMILES string of the molecule is CCn1nc(CSC(C)=O)cc1CSc1cc(OC(C)=O)c2ccccc2c1. The van der Waals surface area contributed by atoms with Crippen LogP contribution in [0, 0.1) is 0 Å². The fraction of sp³-hybridized carbons (Fsp3) is 0.286. The van der Waals surface area contributed by atoms with E-state index in [2.05, 4.69) is 24.2 Å². The lowest BCUT2D eigenvalue weighted by atomic mass is 10.1. The van der Waals surface area contributed by atoms with Gasteiger partial charge in [-0.1, -0.05) is 36.0 Å². The summed E-state index contributed by atoms with van der Waals surface area (Å²) < 4.78 is 7.39. The molecule has 7 heteroatoms. The van der Waals surface area contributed by atoms with Crippen LogP contribution in [0.3, 0.4) is 0 Å². The van der Waals surface area contributed by atoms with E-state index in [1.807, 2.05) is 35.0 Å². The summed E-state index contributed by atoms with van der Waals surface area (Å²) in [6.45, 7) is 5.81. The molecule has 0 unspecified atom stereocenters. The lowest BCUT2D eigenvalue weighted by Gasteiger charge is -2.10. The lowest BCUT2D eigenvalue weighted by Crippen LogP contribution is -2.02. The van der Waals surface area contributed by atoms with Crippen molar-refractivity contribution in [3.05, 3.63) is 53.9 Å². The second-order valence-corrected chi connectivity index (χ2v) is 8.45. The first kappa shape index (κ1) is 20.5. The maximum absolute atomic E-state index is 11.5. The minimum Gasteiger partial charge on any atom is -0.426 e. The molecule has 1 heterocycles. The number of esters is 1. The zero-order valence-electron chi connectivity index (χ0n) is 16.1. The lowest BCUT2D eigenvalue weighted by molar-refractivity contribution is -0.131. The molecule has 5 nitrogen and oxygen atoms in total. The molecule has 0 fully saturated rings. The van der Waals surface area contributed by atoms with Crippen LogP contribution >= 0.6 is 23.5 Å². The Kier molecular flexibility index (Phi) is 6.80. The third-order valence-electron chi connectivity index (χ3n) is 4.07. The molecule has 0 radical (unpaired) electrons. The molecular weight excluding hydrogens is 392 g/mol. The van der Waals surface area contributed by atoms with Crippen LogP contribution in [0.5, 0.6) is 5.75 Å². The van der Waals surface area contributed by atoms with Crippen molar-refractivity contribution in [2.45, 2.75) is 43.7 Å². The van der Waals surface area contributed by atoms with E-state index in [1.54, 1.807) is 18.7 Å². The van der Waals surface area contributed by atoms with E-state index in [9.17, 15) is 9.59 Å². The van der Waals surface area contributed by atoms with Crippen molar-refractivity contribution in [1.82, 2.24) is 9.78 Å². The molecule has 0 aliphatic heterocycles. The number of carbonyl (C=O) groups excluding carboxylic acids is 2. The highest BCUT2D eigenvalue weighted by atomic mass is 32.2. The first-order valence-electron chi connectivity index (χ1n) is 8.99. The number of hydrogen-bond donors (Lipinski definition) is 0. The molecule has 0 bridgehead atoms. The Labute approximate surface area is 172 Å². The average molecular weight is 415 g/mol. The van der Waals surface area contributed by atoms with Gasteiger partial charge in [0.15, 0.2) is 5.12 Å². The highest BCUT2D eigenvalue weighted by Crippen LogP contribution is 2.34. The number of carbonyl (C=O) groups is 2. The van der Waals surface area contributed by atoms with Crippen molar-refractivity contribution in [2.24, 2.45) is 0 Å².